The molecule has 0 aliphatic heterocycles. The van der Waals surface area contributed by atoms with Crippen molar-refractivity contribution < 1.29 is 24.2 Å². The molecule has 1 rings (SSSR count). The highest BCUT2D eigenvalue weighted by Crippen LogP contribution is 2.11. The molecule has 0 atom stereocenters. The number of amides is 2. The summed E-state index contributed by atoms with van der Waals surface area (Å²) < 4.78 is 5.38. The fraction of sp³-hybridized carbons (Fsp3) is 0.357. The summed E-state index contributed by atoms with van der Waals surface area (Å²) in [7, 11) is 0. The van der Waals surface area contributed by atoms with Gasteiger partial charge in [0, 0.05) is 0 Å². The third-order valence-electron chi connectivity index (χ3n) is 2.50. The molecule has 0 heterocycles. The molecule has 0 aromatic heterocycles. The van der Waals surface area contributed by atoms with E-state index in [4.69, 9.17) is 9.84 Å². The van der Waals surface area contributed by atoms with Crippen molar-refractivity contribution in [2.45, 2.75) is 13.3 Å². The van der Waals surface area contributed by atoms with Crippen LogP contribution in [0.2, 0.25) is 0 Å². The number of carboxylic acids is 1. The molecule has 7 nitrogen and oxygen atoms in total. The minimum absolute atomic E-state index is 0.111. The Hall–Kier alpha value is -2.57. The van der Waals surface area contributed by atoms with E-state index in [9.17, 15) is 14.4 Å². The van der Waals surface area contributed by atoms with Crippen LogP contribution in [0.25, 0.3) is 0 Å². The number of carbonyl (C=O) groups excluding carboxylic acids is 2. The van der Waals surface area contributed by atoms with Gasteiger partial charge in [0.05, 0.1) is 19.6 Å². The minimum atomic E-state index is -1.14. The summed E-state index contributed by atoms with van der Waals surface area (Å²) in [6.07, 6.45) is 0.111. The number of hydrogen-bond acceptors (Lipinski definition) is 4. The zero-order valence-electron chi connectivity index (χ0n) is 11.7. The van der Waals surface area contributed by atoms with Crippen molar-refractivity contribution in [2.75, 3.05) is 19.7 Å². The summed E-state index contributed by atoms with van der Waals surface area (Å²) in [6.45, 7) is 1.44. The average Bonchev–Trinajstić information content (AvgIpc) is 2.45. The van der Waals surface area contributed by atoms with Crippen LogP contribution in [0.15, 0.2) is 24.3 Å². The SMILES string of the molecule is Cc1ccc(OCCC(=O)NCC(=O)NCC(=O)O)cc1. The number of carboxylic acid groups (broad SMARTS) is 1. The fourth-order valence-corrected chi connectivity index (χ4v) is 1.40. The van der Waals surface area contributed by atoms with Gasteiger partial charge in [-0.05, 0) is 19.1 Å². The summed E-state index contributed by atoms with van der Waals surface area (Å²) in [5.41, 5.74) is 1.12. The van der Waals surface area contributed by atoms with E-state index in [1.807, 2.05) is 31.2 Å². The predicted molar refractivity (Wildman–Crippen MR) is 74.9 cm³/mol. The quantitative estimate of drug-likeness (QED) is 0.630. The fourth-order valence-electron chi connectivity index (χ4n) is 1.40. The van der Waals surface area contributed by atoms with Crippen LogP contribution in [0, 0.1) is 6.92 Å². The van der Waals surface area contributed by atoms with Gasteiger partial charge in [0.2, 0.25) is 11.8 Å². The van der Waals surface area contributed by atoms with Gasteiger partial charge in [-0.25, -0.2) is 0 Å². The second kappa shape index (κ2) is 8.57. The number of benzene rings is 1. The maximum absolute atomic E-state index is 11.4. The molecule has 0 spiro atoms. The first-order valence-corrected chi connectivity index (χ1v) is 6.42. The van der Waals surface area contributed by atoms with Crippen molar-refractivity contribution in [1.82, 2.24) is 10.6 Å². The normalized spacial score (nSPS) is 9.76. The number of aliphatic carboxylic acids is 1. The van der Waals surface area contributed by atoms with E-state index < -0.39 is 18.4 Å². The molecule has 1 aromatic carbocycles. The highest BCUT2D eigenvalue weighted by molar-refractivity contribution is 5.86. The van der Waals surface area contributed by atoms with Crippen molar-refractivity contribution in [2.24, 2.45) is 0 Å². The summed E-state index contributed by atoms with van der Waals surface area (Å²) in [5.74, 6) is -1.36. The van der Waals surface area contributed by atoms with Crippen molar-refractivity contribution in [3.05, 3.63) is 29.8 Å². The number of hydrogen-bond donors (Lipinski definition) is 3. The van der Waals surface area contributed by atoms with Crippen molar-refractivity contribution in [1.29, 1.82) is 0 Å². The van der Waals surface area contributed by atoms with E-state index >= 15 is 0 Å². The van der Waals surface area contributed by atoms with Gasteiger partial charge in [-0.3, -0.25) is 14.4 Å². The average molecular weight is 294 g/mol. The lowest BCUT2D eigenvalue weighted by atomic mass is 10.2. The minimum Gasteiger partial charge on any atom is -0.493 e. The van der Waals surface area contributed by atoms with E-state index in [2.05, 4.69) is 10.6 Å². The van der Waals surface area contributed by atoms with E-state index in [0.717, 1.165) is 5.56 Å². The maximum atomic E-state index is 11.4. The molecule has 0 unspecified atom stereocenters. The molecule has 0 radical (unpaired) electrons. The van der Waals surface area contributed by atoms with Gasteiger partial charge in [-0.2, -0.15) is 0 Å². The van der Waals surface area contributed by atoms with Crippen LogP contribution in [0.1, 0.15) is 12.0 Å². The van der Waals surface area contributed by atoms with Crippen LogP contribution in [-0.4, -0.2) is 42.6 Å². The van der Waals surface area contributed by atoms with Crippen LogP contribution >= 0.6 is 0 Å². The Balaban J connectivity index is 2.15. The largest absolute Gasteiger partial charge is 0.493 e. The van der Waals surface area contributed by atoms with E-state index in [0.29, 0.717) is 5.75 Å². The highest BCUT2D eigenvalue weighted by atomic mass is 16.5. The van der Waals surface area contributed by atoms with E-state index in [1.54, 1.807) is 0 Å². The molecular formula is C14H18N2O5. The molecule has 0 saturated carbocycles. The maximum Gasteiger partial charge on any atom is 0.322 e. The molecule has 114 valence electrons. The number of nitrogens with one attached hydrogen (secondary N) is 2. The third-order valence-corrected chi connectivity index (χ3v) is 2.50. The number of rotatable bonds is 8. The monoisotopic (exact) mass is 294 g/mol. The number of ether oxygens (including phenoxy) is 1. The van der Waals surface area contributed by atoms with Gasteiger partial charge in [-0.15, -0.1) is 0 Å². The Morgan fingerprint density at radius 2 is 1.67 bits per heavy atom. The van der Waals surface area contributed by atoms with Crippen molar-refractivity contribution >= 4 is 17.8 Å². The van der Waals surface area contributed by atoms with Crippen molar-refractivity contribution in [3.8, 4) is 5.75 Å². The summed E-state index contributed by atoms with van der Waals surface area (Å²) >= 11 is 0. The Labute approximate surface area is 122 Å². The molecule has 21 heavy (non-hydrogen) atoms. The molecule has 0 bridgehead atoms. The van der Waals surface area contributed by atoms with Gasteiger partial charge in [0.1, 0.15) is 12.3 Å². The summed E-state index contributed by atoms with van der Waals surface area (Å²) in [4.78, 5) is 32.8. The standard InChI is InChI=1S/C14H18N2O5/c1-10-2-4-11(5-3-10)21-7-6-12(17)15-8-13(18)16-9-14(19)20/h2-5H,6-9H2,1H3,(H,15,17)(H,16,18)(H,19,20). The molecule has 2 amide bonds. The van der Waals surface area contributed by atoms with Gasteiger partial charge in [-0.1, -0.05) is 17.7 Å². The lowest BCUT2D eigenvalue weighted by Gasteiger charge is -2.07. The second-order valence-corrected chi connectivity index (χ2v) is 4.36. The Morgan fingerprint density at radius 3 is 2.29 bits per heavy atom. The van der Waals surface area contributed by atoms with Crippen LogP contribution in [0.5, 0.6) is 5.75 Å². The number of aryl methyl sites for hydroxylation is 1. The molecular weight excluding hydrogens is 276 g/mol. The first kappa shape index (κ1) is 16.5. The Kier molecular flexibility index (Phi) is 6.73. The van der Waals surface area contributed by atoms with Crippen LogP contribution in [-0.2, 0) is 14.4 Å². The molecule has 1 aromatic rings. The smallest absolute Gasteiger partial charge is 0.322 e. The summed E-state index contributed by atoms with van der Waals surface area (Å²) in [5, 5.41) is 12.9. The molecule has 0 aliphatic carbocycles. The lowest BCUT2D eigenvalue weighted by Crippen LogP contribution is -2.39. The van der Waals surface area contributed by atoms with Crippen LogP contribution in [0.3, 0.4) is 0 Å². The van der Waals surface area contributed by atoms with Crippen LogP contribution in [0.4, 0.5) is 0 Å². The van der Waals surface area contributed by atoms with Gasteiger partial charge >= 0.3 is 5.97 Å². The number of carbonyl (C=O) groups is 3. The van der Waals surface area contributed by atoms with Crippen molar-refractivity contribution in [3.63, 3.8) is 0 Å². The van der Waals surface area contributed by atoms with Gasteiger partial charge in [0.25, 0.3) is 0 Å². The predicted octanol–water partition coefficient (Wildman–Crippen LogP) is 0.0809. The molecule has 0 aliphatic rings. The van der Waals surface area contributed by atoms with E-state index in [-0.39, 0.29) is 25.5 Å². The lowest BCUT2D eigenvalue weighted by molar-refractivity contribution is -0.137. The Bertz CT molecular complexity index is 499. The molecule has 0 fully saturated rings. The van der Waals surface area contributed by atoms with Gasteiger partial charge < -0.3 is 20.5 Å². The molecule has 3 N–H and O–H groups in total. The first-order chi connectivity index (χ1) is 9.97. The van der Waals surface area contributed by atoms with E-state index in [1.165, 1.54) is 0 Å². The topological polar surface area (TPSA) is 105 Å². The zero-order valence-corrected chi connectivity index (χ0v) is 11.7. The third kappa shape index (κ3) is 7.56. The van der Waals surface area contributed by atoms with Crippen LogP contribution < -0.4 is 15.4 Å². The summed E-state index contributed by atoms with van der Waals surface area (Å²) in [6, 6.07) is 7.43. The van der Waals surface area contributed by atoms with Gasteiger partial charge in [0.15, 0.2) is 0 Å². The molecule has 7 heteroatoms. The second-order valence-electron chi connectivity index (χ2n) is 4.36. The highest BCUT2D eigenvalue weighted by Gasteiger charge is 2.07. The Morgan fingerprint density at radius 1 is 1.05 bits per heavy atom. The first-order valence-electron chi connectivity index (χ1n) is 6.42. The molecule has 0 saturated heterocycles. The zero-order chi connectivity index (χ0) is 15.7.